The first-order chi connectivity index (χ1) is 16.5. The molecule has 0 bridgehead atoms. The minimum absolute atomic E-state index is 0. The molecule has 0 aliphatic carbocycles. The zero-order chi connectivity index (χ0) is 23.9. The van der Waals surface area contributed by atoms with E-state index in [4.69, 9.17) is 0 Å². The zero-order valence-electron chi connectivity index (χ0n) is 21.5. The van der Waals surface area contributed by atoms with Crippen molar-refractivity contribution >= 4 is 48.0 Å². The number of nitrogens with zero attached hydrogens (tertiary/aromatic N) is 2. The van der Waals surface area contributed by atoms with Crippen molar-refractivity contribution < 1.29 is 9.59 Å². The summed E-state index contributed by atoms with van der Waals surface area (Å²) in [7, 11) is 0. The fourth-order valence-corrected chi connectivity index (χ4v) is 4.99. The smallest absolute Gasteiger partial charge is 0.238 e. The average Bonchev–Trinajstić information content (AvgIpc) is 2.83. The fraction of sp³-hybridized carbons (Fsp3) is 0.500. The number of hydrogen-bond donors (Lipinski definition) is 2. The van der Waals surface area contributed by atoms with Gasteiger partial charge in [-0.3, -0.25) is 19.4 Å². The summed E-state index contributed by atoms with van der Waals surface area (Å²) in [5.41, 5.74) is 6.01. The quantitative estimate of drug-likeness (QED) is 0.480. The van der Waals surface area contributed by atoms with E-state index in [0.717, 1.165) is 59.8 Å². The molecular formula is C28H40Cl2N4O2. The molecule has 6 nitrogen and oxygen atoms in total. The third kappa shape index (κ3) is 8.48. The number of anilines is 2. The summed E-state index contributed by atoms with van der Waals surface area (Å²) in [5, 5.41) is 6.16. The van der Waals surface area contributed by atoms with Gasteiger partial charge in [0, 0.05) is 11.4 Å². The van der Waals surface area contributed by atoms with E-state index in [9.17, 15) is 9.59 Å². The Hall–Kier alpha value is -2.12. The van der Waals surface area contributed by atoms with Crippen LogP contribution in [0.5, 0.6) is 0 Å². The van der Waals surface area contributed by atoms with Crippen LogP contribution in [0.25, 0.3) is 11.1 Å². The van der Waals surface area contributed by atoms with Gasteiger partial charge in [-0.15, -0.1) is 24.8 Å². The molecule has 2 aromatic rings. The standard InChI is InChI=1S/C28H38N4O2.2ClH/c1-21-17-23(9-11-25(21)29-27(33)19-31-13-5-3-6-14-31)24-10-12-26(22(2)18-24)30-28(34)20-32-15-7-4-8-16-32;;/h9-12,17-18H,3-8,13-16,19-20H2,1-2H3,(H,29,33)(H,30,34);2*1H. The molecule has 2 amide bonds. The molecule has 0 aromatic heterocycles. The molecule has 0 spiro atoms. The number of piperidine rings is 2. The summed E-state index contributed by atoms with van der Waals surface area (Å²) in [6, 6.07) is 12.3. The molecule has 2 aliphatic heterocycles. The van der Waals surface area contributed by atoms with Crippen molar-refractivity contribution in [1.29, 1.82) is 0 Å². The Labute approximate surface area is 228 Å². The second-order valence-electron chi connectivity index (χ2n) is 9.83. The number of aryl methyl sites for hydroxylation is 2. The number of amides is 2. The maximum absolute atomic E-state index is 12.5. The predicted octanol–water partition coefficient (Wildman–Crippen LogP) is 5.66. The summed E-state index contributed by atoms with van der Waals surface area (Å²) >= 11 is 0. The number of likely N-dealkylation sites (tertiary alicyclic amines) is 2. The number of rotatable bonds is 7. The molecule has 0 saturated carbocycles. The molecule has 2 heterocycles. The van der Waals surface area contributed by atoms with Crippen LogP contribution in [0, 0.1) is 13.8 Å². The Morgan fingerprint density at radius 3 is 1.33 bits per heavy atom. The molecule has 2 fully saturated rings. The lowest BCUT2D eigenvalue weighted by atomic mass is 10.00. The van der Waals surface area contributed by atoms with Gasteiger partial charge in [0.05, 0.1) is 13.1 Å². The number of carbonyl (C=O) groups is 2. The van der Waals surface area contributed by atoms with Crippen LogP contribution in [0.15, 0.2) is 36.4 Å². The molecule has 198 valence electrons. The lowest BCUT2D eigenvalue weighted by molar-refractivity contribution is -0.118. The molecule has 2 aliphatic rings. The van der Waals surface area contributed by atoms with Gasteiger partial charge in [0.25, 0.3) is 0 Å². The van der Waals surface area contributed by atoms with Gasteiger partial charge in [0.15, 0.2) is 0 Å². The van der Waals surface area contributed by atoms with Crippen molar-refractivity contribution in [2.24, 2.45) is 0 Å². The first-order valence-corrected chi connectivity index (χ1v) is 12.7. The average molecular weight is 536 g/mol. The van der Waals surface area contributed by atoms with Gasteiger partial charge in [0.1, 0.15) is 0 Å². The van der Waals surface area contributed by atoms with Crippen LogP contribution in [0.4, 0.5) is 11.4 Å². The van der Waals surface area contributed by atoms with E-state index in [1.165, 1.54) is 38.5 Å². The van der Waals surface area contributed by atoms with Crippen LogP contribution < -0.4 is 10.6 Å². The van der Waals surface area contributed by atoms with E-state index < -0.39 is 0 Å². The van der Waals surface area contributed by atoms with Crippen LogP contribution in [-0.4, -0.2) is 60.9 Å². The summed E-state index contributed by atoms with van der Waals surface area (Å²) in [4.78, 5) is 29.5. The van der Waals surface area contributed by atoms with Crippen molar-refractivity contribution in [1.82, 2.24) is 9.80 Å². The molecular weight excluding hydrogens is 495 g/mol. The SMILES string of the molecule is Cc1cc(-c2ccc(NC(=O)CN3CCCCC3)c(C)c2)ccc1NC(=O)CN1CCCCC1.Cl.Cl. The normalized spacial score (nSPS) is 16.4. The van der Waals surface area contributed by atoms with Crippen molar-refractivity contribution in [3.63, 3.8) is 0 Å². The Balaban J connectivity index is 0.00000228. The third-order valence-electron chi connectivity index (χ3n) is 6.97. The van der Waals surface area contributed by atoms with E-state index in [0.29, 0.717) is 13.1 Å². The minimum Gasteiger partial charge on any atom is -0.325 e. The summed E-state index contributed by atoms with van der Waals surface area (Å²) in [6.07, 6.45) is 7.26. The molecule has 0 atom stereocenters. The molecule has 4 rings (SSSR count). The van der Waals surface area contributed by atoms with Crippen molar-refractivity contribution in [2.45, 2.75) is 52.4 Å². The Kier molecular flexibility index (Phi) is 12.2. The van der Waals surface area contributed by atoms with Gasteiger partial charge in [-0.05, 0) is 112 Å². The number of hydrogen-bond acceptors (Lipinski definition) is 4. The lowest BCUT2D eigenvalue weighted by Crippen LogP contribution is -2.36. The van der Waals surface area contributed by atoms with Crippen molar-refractivity contribution in [3.05, 3.63) is 47.5 Å². The number of nitrogens with one attached hydrogen (secondary N) is 2. The first-order valence-electron chi connectivity index (χ1n) is 12.7. The van der Waals surface area contributed by atoms with Crippen LogP contribution in [-0.2, 0) is 9.59 Å². The maximum atomic E-state index is 12.5. The number of carbonyl (C=O) groups excluding carboxylic acids is 2. The minimum atomic E-state index is 0. The van der Waals surface area contributed by atoms with E-state index in [2.05, 4.69) is 32.6 Å². The third-order valence-corrected chi connectivity index (χ3v) is 6.97. The van der Waals surface area contributed by atoms with E-state index in [1.807, 2.05) is 38.1 Å². The van der Waals surface area contributed by atoms with Gasteiger partial charge in [-0.25, -0.2) is 0 Å². The highest BCUT2D eigenvalue weighted by atomic mass is 35.5. The molecule has 2 N–H and O–H groups in total. The molecule has 2 aromatic carbocycles. The van der Waals surface area contributed by atoms with Crippen LogP contribution in [0.3, 0.4) is 0 Å². The van der Waals surface area contributed by atoms with Crippen LogP contribution in [0.2, 0.25) is 0 Å². The fourth-order valence-electron chi connectivity index (χ4n) is 4.99. The van der Waals surface area contributed by atoms with Crippen LogP contribution >= 0.6 is 24.8 Å². The Morgan fingerprint density at radius 1 is 0.639 bits per heavy atom. The van der Waals surface area contributed by atoms with E-state index >= 15 is 0 Å². The number of halogens is 2. The van der Waals surface area contributed by atoms with Gasteiger partial charge in [-0.2, -0.15) is 0 Å². The highest BCUT2D eigenvalue weighted by Gasteiger charge is 2.16. The molecule has 36 heavy (non-hydrogen) atoms. The summed E-state index contributed by atoms with van der Waals surface area (Å²) in [5.74, 6) is 0.108. The lowest BCUT2D eigenvalue weighted by Gasteiger charge is -2.25. The first kappa shape index (κ1) is 30.1. The molecule has 2 saturated heterocycles. The van der Waals surface area contributed by atoms with Crippen molar-refractivity contribution in [3.8, 4) is 11.1 Å². The molecule has 8 heteroatoms. The number of benzene rings is 2. The molecule has 0 radical (unpaired) electrons. The second kappa shape index (κ2) is 14.6. The van der Waals surface area contributed by atoms with E-state index in [-0.39, 0.29) is 36.6 Å². The Bertz CT molecular complexity index is 937. The second-order valence-corrected chi connectivity index (χ2v) is 9.83. The summed E-state index contributed by atoms with van der Waals surface area (Å²) in [6.45, 7) is 9.04. The van der Waals surface area contributed by atoms with Crippen molar-refractivity contribution in [2.75, 3.05) is 49.9 Å². The monoisotopic (exact) mass is 534 g/mol. The molecule has 0 unspecified atom stereocenters. The van der Waals surface area contributed by atoms with Crippen LogP contribution in [0.1, 0.15) is 49.7 Å². The highest BCUT2D eigenvalue weighted by molar-refractivity contribution is 5.94. The summed E-state index contributed by atoms with van der Waals surface area (Å²) < 4.78 is 0. The van der Waals surface area contributed by atoms with Gasteiger partial charge >= 0.3 is 0 Å². The van der Waals surface area contributed by atoms with Gasteiger partial charge < -0.3 is 10.6 Å². The van der Waals surface area contributed by atoms with Gasteiger partial charge in [-0.1, -0.05) is 25.0 Å². The maximum Gasteiger partial charge on any atom is 0.238 e. The topological polar surface area (TPSA) is 64.7 Å². The highest BCUT2D eigenvalue weighted by Crippen LogP contribution is 2.28. The largest absolute Gasteiger partial charge is 0.325 e. The Morgan fingerprint density at radius 2 is 1.00 bits per heavy atom. The zero-order valence-corrected chi connectivity index (χ0v) is 23.1. The van der Waals surface area contributed by atoms with E-state index in [1.54, 1.807) is 0 Å². The van der Waals surface area contributed by atoms with Gasteiger partial charge in [0.2, 0.25) is 11.8 Å². The predicted molar refractivity (Wildman–Crippen MR) is 154 cm³/mol.